The lowest BCUT2D eigenvalue weighted by molar-refractivity contribution is -0.385. The van der Waals surface area contributed by atoms with E-state index in [1.54, 1.807) is 18.2 Å². The monoisotopic (exact) mass is 359 g/mol. The largest absolute Gasteiger partial charge is 0.475 e. The van der Waals surface area contributed by atoms with Crippen LogP contribution in [0.1, 0.15) is 23.7 Å². The molecule has 0 aliphatic rings. The predicted octanol–water partition coefficient (Wildman–Crippen LogP) is 3.15. The van der Waals surface area contributed by atoms with Crippen LogP contribution in [0.2, 0.25) is 0 Å². The molecule has 8 nitrogen and oxygen atoms in total. The Kier molecular flexibility index (Phi) is 6.67. The zero-order chi connectivity index (χ0) is 18.9. The van der Waals surface area contributed by atoms with Gasteiger partial charge < -0.3 is 14.2 Å². The lowest BCUT2D eigenvalue weighted by atomic mass is 10.2. The van der Waals surface area contributed by atoms with E-state index in [2.05, 4.69) is 0 Å². The van der Waals surface area contributed by atoms with Gasteiger partial charge in [-0.3, -0.25) is 10.1 Å². The Morgan fingerprint density at radius 3 is 2.62 bits per heavy atom. The number of nitro groups is 1. The van der Waals surface area contributed by atoms with E-state index >= 15 is 0 Å². The van der Waals surface area contributed by atoms with Crippen molar-refractivity contribution >= 4 is 17.6 Å². The van der Waals surface area contributed by atoms with Gasteiger partial charge in [-0.25, -0.2) is 9.59 Å². The molecule has 0 aromatic heterocycles. The van der Waals surface area contributed by atoms with Crippen LogP contribution in [0, 0.1) is 10.1 Å². The highest BCUT2D eigenvalue weighted by molar-refractivity contribution is 5.90. The first kappa shape index (κ1) is 18.9. The van der Waals surface area contributed by atoms with Crippen molar-refractivity contribution in [2.45, 2.75) is 13.3 Å². The van der Waals surface area contributed by atoms with Gasteiger partial charge in [0.15, 0.2) is 12.4 Å². The van der Waals surface area contributed by atoms with Crippen LogP contribution in [0.15, 0.2) is 48.5 Å². The predicted molar refractivity (Wildman–Crippen MR) is 91.2 cm³/mol. The van der Waals surface area contributed by atoms with Crippen LogP contribution in [0.25, 0.3) is 0 Å². The van der Waals surface area contributed by atoms with Crippen molar-refractivity contribution in [1.82, 2.24) is 0 Å². The van der Waals surface area contributed by atoms with Gasteiger partial charge in [0.05, 0.1) is 17.1 Å². The van der Waals surface area contributed by atoms with E-state index in [0.717, 1.165) is 0 Å². The second-order valence-electron chi connectivity index (χ2n) is 5.15. The number of hydrogen-bond acceptors (Lipinski definition) is 7. The molecule has 0 aliphatic carbocycles. The summed E-state index contributed by atoms with van der Waals surface area (Å²) in [6, 6.07) is 11.7. The molecule has 26 heavy (non-hydrogen) atoms. The van der Waals surface area contributed by atoms with Gasteiger partial charge in [0.25, 0.3) is 0 Å². The molecule has 0 N–H and O–H groups in total. The van der Waals surface area contributed by atoms with Gasteiger partial charge in [-0.2, -0.15) is 0 Å². The molecule has 0 heterocycles. The van der Waals surface area contributed by atoms with E-state index in [9.17, 15) is 19.7 Å². The summed E-state index contributed by atoms with van der Waals surface area (Å²) in [5.74, 6) is -1.17. The summed E-state index contributed by atoms with van der Waals surface area (Å²) < 4.78 is 15.3. The van der Waals surface area contributed by atoms with Gasteiger partial charge in [-0.1, -0.05) is 25.1 Å². The van der Waals surface area contributed by atoms with Crippen LogP contribution in [0.4, 0.5) is 5.69 Å². The highest BCUT2D eigenvalue weighted by atomic mass is 16.6. The smallest absolute Gasteiger partial charge is 0.349 e. The molecule has 0 bridgehead atoms. The number of para-hydroxylation sites is 2. The molecule has 0 atom stereocenters. The summed E-state index contributed by atoms with van der Waals surface area (Å²) in [5.41, 5.74) is 0.00401. The van der Waals surface area contributed by atoms with Crippen LogP contribution in [0.3, 0.4) is 0 Å². The van der Waals surface area contributed by atoms with Crippen LogP contribution in [-0.2, 0) is 9.53 Å². The number of ether oxygens (including phenoxy) is 3. The minimum atomic E-state index is -0.762. The summed E-state index contributed by atoms with van der Waals surface area (Å²) >= 11 is 0. The number of esters is 2. The zero-order valence-corrected chi connectivity index (χ0v) is 14.0. The minimum absolute atomic E-state index is 0.0358. The molecule has 0 fully saturated rings. The maximum Gasteiger partial charge on any atom is 0.349 e. The fourth-order valence-corrected chi connectivity index (χ4v) is 1.99. The van der Waals surface area contributed by atoms with Crippen molar-refractivity contribution in [2.75, 3.05) is 13.2 Å². The Hall–Kier alpha value is -3.42. The van der Waals surface area contributed by atoms with Crippen molar-refractivity contribution < 1.29 is 28.7 Å². The van der Waals surface area contributed by atoms with Crippen LogP contribution in [-0.4, -0.2) is 30.1 Å². The topological polar surface area (TPSA) is 105 Å². The SMILES string of the molecule is CCCOC(=O)c1cccc(OC(=O)COc2ccccc2[N+](=O)[O-])c1. The maximum absolute atomic E-state index is 11.9. The maximum atomic E-state index is 11.9. The number of carbonyl (C=O) groups excluding carboxylic acids is 2. The Bertz CT molecular complexity index is 804. The summed E-state index contributed by atoms with van der Waals surface area (Å²) in [6.07, 6.45) is 0.698. The molecule has 8 heteroatoms. The second-order valence-corrected chi connectivity index (χ2v) is 5.15. The standard InChI is InChI=1S/C18H17NO7/c1-2-10-24-18(21)13-6-5-7-14(11-13)26-17(20)12-25-16-9-4-3-8-15(16)19(22)23/h3-9,11H,2,10,12H2,1H3. The Morgan fingerprint density at radius 1 is 1.12 bits per heavy atom. The van der Waals surface area contributed by atoms with Gasteiger partial charge in [-0.05, 0) is 30.7 Å². The van der Waals surface area contributed by atoms with Crippen LogP contribution in [0.5, 0.6) is 11.5 Å². The second kappa shape index (κ2) is 9.16. The highest BCUT2D eigenvalue weighted by Gasteiger charge is 2.16. The van der Waals surface area contributed by atoms with Crippen LogP contribution >= 0.6 is 0 Å². The molecule has 0 unspecified atom stereocenters. The zero-order valence-electron chi connectivity index (χ0n) is 14.0. The quantitative estimate of drug-likeness (QED) is 0.308. The van der Waals surface area contributed by atoms with Crippen molar-refractivity contribution in [2.24, 2.45) is 0 Å². The number of rotatable bonds is 8. The van der Waals surface area contributed by atoms with Gasteiger partial charge in [-0.15, -0.1) is 0 Å². The fraction of sp³-hybridized carbons (Fsp3) is 0.222. The lowest BCUT2D eigenvalue weighted by Gasteiger charge is -2.08. The molecule has 2 rings (SSSR count). The molecule has 0 aliphatic heterocycles. The van der Waals surface area contributed by atoms with E-state index in [1.807, 2.05) is 6.92 Å². The third kappa shape index (κ3) is 5.30. The molecule has 0 amide bonds. The van der Waals surface area contributed by atoms with Crippen molar-refractivity contribution in [3.63, 3.8) is 0 Å². The normalized spacial score (nSPS) is 10.0. The molecule has 0 saturated heterocycles. The summed E-state index contributed by atoms with van der Waals surface area (Å²) in [4.78, 5) is 34.0. The third-order valence-electron chi connectivity index (χ3n) is 3.15. The third-order valence-corrected chi connectivity index (χ3v) is 3.15. The van der Waals surface area contributed by atoms with E-state index in [4.69, 9.17) is 14.2 Å². The van der Waals surface area contributed by atoms with Gasteiger partial charge in [0.1, 0.15) is 5.75 Å². The number of hydrogen-bond donors (Lipinski definition) is 0. The number of nitro benzene ring substituents is 1. The molecule has 136 valence electrons. The molecule has 0 saturated carbocycles. The first-order valence-corrected chi connectivity index (χ1v) is 7.85. The highest BCUT2D eigenvalue weighted by Crippen LogP contribution is 2.25. The van der Waals surface area contributed by atoms with E-state index < -0.39 is 23.5 Å². The van der Waals surface area contributed by atoms with Crippen molar-refractivity contribution in [3.05, 3.63) is 64.2 Å². The molecular weight excluding hydrogens is 342 g/mol. The number of carbonyl (C=O) groups is 2. The van der Waals surface area contributed by atoms with E-state index in [-0.39, 0.29) is 22.7 Å². The Balaban J connectivity index is 1.96. The van der Waals surface area contributed by atoms with Crippen molar-refractivity contribution in [3.8, 4) is 11.5 Å². The fourth-order valence-electron chi connectivity index (χ4n) is 1.99. The van der Waals surface area contributed by atoms with Crippen LogP contribution < -0.4 is 9.47 Å². The first-order chi connectivity index (χ1) is 12.5. The summed E-state index contributed by atoms with van der Waals surface area (Å²) in [5, 5.41) is 10.9. The minimum Gasteiger partial charge on any atom is -0.475 e. The molecule has 2 aromatic carbocycles. The van der Waals surface area contributed by atoms with Gasteiger partial charge in [0, 0.05) is 6.07 Å². The van der Waals surface area contributed by atoms with Gasteiger partial charge >= 0.3 is 17.6 Å². The lowest BCUT2D eigenvalue weighted by Crippen LogP contribution is -2.18. The molecule has 0 spiro atoms. The number of benzene rings is 2. The average molecular weight is 359 g/mol. The Labute approximate surface area is 149 Å². The van der Waals surface area contributed by atoms with E-state index in [1.165, 1.54) is 30.3 Å². The van der Waals surface area contributed by atoms with Crippen molar-refractivity contribution in [1.29, 1.82) is 0 Å². The molecular formula is C18H17NO7. The summed E-state index contributed by atoms with van der Waals surface area (Å²) in [6.45, 7) is 1.66. The van der Waals surface area contributed by atoms with Gasteiger partial charge in [0.2, 0.25) is 0 Å². The molecule has 0 radical (unpaired) electrons. The Morgan fingerprint density at radius 2 is 1.88 bits per heavy atom. The first-order valence-electron chi connectivity index (χ1n) is 7.85. The molecule has 2 aromatic rings. The number of nitrogens with zero attached hydrogens (tertiary/aromatic N) is 1. The van der Waals surface area contributed by atoms with E-state index in [0.29, 0.717) is 13.0 Å². The summed E-state index contributed by atoms with van der Waals surface area (Å²) in [7, 11) is 0. The average Bonchev–Trinajstić information content (AvgIpc) is 2.64.